The van der Waals surface area contributed by atoms with Crippen LogP contribution in [0.25, 0.3) is 11.4 Å². The summed E-state index contributed by atoms with van der Waals surface area (Å²) >= 11 is 0. The molecule has 0 unspecified atom stereocenters. The second-order valence-corrected chi connectivity index (χ2v) is 4.43. The van der Waals surface area contributed by atoms with Crippen LogP contribution in [0.3, 0.4) is 0 Å². The molecule has 0 spiro atoms. The number of tetrazole rings is 1. The summed E-state index contributed by atoms with van der Waals surface area (Å²) in [5, 5.41) is 16.6. The third-order valence-electron chi connectivity index (χ3n) is 3.19. The van der Waals surface area contributed by atoms with Gasteiger partial charge >= 0.3 is 0 Å². The molecule has 0 radical (unpaired) electrons. The highest BCUT2D eigenvalue weighted by Gasteiger charge is 2.19. The summed E-state index contributed by atoms with van der Waals surface area (Å²) in [7, 11) is 0. The second kappa shape index (κ2) is 4.25. The highest BCUT2D eigenvalue weighted by Crippen LogP contribution is 2.31. The van der Waals surface area contributed by atoms with E-state index in [1.54, 1.807) is 6.07 Å². The third kappa shape index (κ3) is 1.87. The molecule has 1 heterocycles. The van der Waals surface area contributed by atoms with Gasteiger partial charge in [-0.05, 0) is 36.6 Å². The van der Waals surface area contributed by atoms with E-state index >= 15 is 0 Å². The van der Waals surface area contributed by atoms with E-state index in [1.165, 1.54) is 12.5 Å². The minimum atomic E-state index is -0.451. The van der Waals surface area contributed by atoms with E-state index in [1.807, 2.05) is 0 Å². The molecule has 0 atom stereocenters. The maximum absolute atomic E-state index is 13.8. The van der Waals surface area contributed by atoms with Crippen molar-refractivity contribution in [3.63, 3.8) is 0 Å². The first-order valence-electron chi connectivity index (χ1n) is 5.83. The molecule has 6 nitrogen and oxygen atoms in total. The maximum Gasteiger partial charge on any atom is 0.207 e. The number of nitrogen functional groups attached to an aromatic ring is 1. The molecule has 0 saturated heterocycles. The number of aromatic nitrogens is 4. The predicted molar refractivity (Wildman–Crippen MR) is 65.2 cm³/mol. The van der Waals surface area contributed by atoms with E-state index in [2.05, 4.69) is 25.9 Å². The lowest BCUT2D eigenvalue weighted by atomic mass is 9.93. The monoisotopic (exact) mass is 248 g/mol. The van der Waals surface area contributed by atoms with Crippen LogP contribution in [0.2, 0.25) is 0 Å². The minimum absolute atomic E-state index is 0.226. The molecular weight excluding hydrogens is 235 g/mol. The van der Waals surface area contributed by atoms with Crippen molar-refractivity contribution < 1.29 is 4.39 Å². The molecule has 1 aliphatic rings. The Morgan fingerprint density at radius 2 is 2.22 bits per heavy atom. The van der Waals surface area contributed by atoms with Crippen LogP contribution >= 0.6 is 0 Å². The van der Waals surface area contributed by atoms with Gasteiger partial charge in [0.1, 0.15) is 5.82 Å². The zero-order chi connectivity index (χ0) is 12.5. The number of benzene rings is 1. The van der Waals surface area contributed by atoms with Gasteiger partial charge in [-0.25, -0.2) is 4.39 Å². The van der Waals surface area contributed by atoms with E-state index in [-0.39, 0.29) is 5.82 Å². The molecule has 4 N–H and O–H groups in total. The fourth-order valence-electron chi connectivity index (χ4n) is 1.93. The Hall–Kier alpha value is -2.18. The summed E-state index contributed by atoms with van der Waals surface area (Å²) in [5.41, 5.74) is 7.21. The van der Waals surface area contributed by atoms with Crippen molar-refractivity contribution >= 4 is 11.4 Å². The second-order valence-electron chi connectivity index (χ2n) is 4.43. The summed E-state index contributed by atoms with van der Waals surface area (Å²) < 4.78 is 13.8. The Kier molecular flexibility index (Phi) is 2.58. The molecule has 7 heteroatoms. The van der Waals surface area contributed by atoms with E-state index in [9.17, 15) is 4.39 Å². The van der Waals surface area contributed by atoms with Gasteiger partial charge in [0, 0.05) is 6.04 Å². The highest BCUT2D eigenvalue weighted by atomic mass is 19.1. The quantitative estimate of drug-likeness (QED) is 0.717. The van der Waals surface area contributed by atoms with E-state index < -0.39 is 5.82 Å². The van der Waals surface area contributed by atoms with E-state index in [0.717, 1.165) is 18.5 Å². The highest BCUT2D eigenvalue weighted by molar-refractivity contribution is 5.74. The largest absolute Gasteiger partial charge is 0.397 e. The van der Waals surface area contributed by atoms with Gasteiger partial charge in [0.15, 0.2) is 0 Å². The summed E-state index contributed by atoms with van der Waals surface area (Å²) in [6, 6.07) is 3.34. The lowest BCUT2D eigenvalue weighted by Gasteiger charge is -2.28. The summed E-state index contributed by atoms with van der Waals surface area (Å²) in [6.45, 7) is 0. The first-order chi connectivity index (χ1) is 8.74. The van der Waals surface area contributed by atoms with Gasteiger partial charge in [0.05, 0.1) is 16.9 Å². The zero-order valence-electron chi connectivity index (χ0n) is 9.65. The smallest absolute Gasteiger partial charge is 0.207 e. The van der Waals surface area contributed by atoms with Crippen molar-refractivity contribution in [3.05, 3.63) is 17.9 Å². The van der Waals surface area contributed by atoms with Gasteiger partial charge in [-0.15, -0.1) is 10.2 Å². The first-order valence-corrected chi connectivity index (χ1v) is 5.83. The molecule has 1 aliphatic carbocycles. The van der Waals surface area contributed by atoms with Crippen LogP contribution in [0.15, 0.2) is 12.1 Å². The Morgan fingerprint density at radius 1 is 1.39 bits per heavy atom. The van der Waals surface area contributed by atoms with E-state index in [0.29, 0.717) is 17.3 Å². The predicted octanol–water partition coefficient (Wildman–Crippen LogP) is 1.55. The molecule has 0 amide bonds. The standard InChI is InChI=1S/C11H13FN6/c12-8-5-9(13)10(14-6-2-1-3-6)4-7(8)11-15-17-18-16-11/h4-6,14H,1-3,13H2,(H,15,16,17,18). The normalized spacial score (nSPS) is 15.4. The molecule has 0 bridgehead atoms. The average molecular weight is 248 g/mol. The third-order valence-corrected chi connectivity index (χ3v) is 3.19. The Bertz CT molecular complexity index is 549. The maximum atomic E-state index is 13.8. The summed E-state index contributed by atoms with van der Waals surface area (Å²) in [6.07, 6.45) is 3.46. The topological polar surface area (TPSA) is 92.5 Å². The first kappa shape index (κ1) is 10.9. The Morgan fingerprint density at radius 3 is 2.83 bits per heavy atom. The lowest BCUT2D eigenvalue weighted by Crippen LogP contribution is -2.27. The zero-order valence-corrected chi connectivity index (χ0v) is 9.65. The average Bonchev–Trinajstić information content (AvgIpc) is 2.79. The molecule has 94 valence electrons. The fourth-order valence-corrected chi connectivity index (χ4v) is 1.93. The van der Waals surface area contributed by atoms with Crippen LogP contribution in [0.5, 0.6) is 0 Å². The van der Waals surface area contributed by atoms with Crippen LogP contribution < -0.4 is 11.1 Å². The van der Waals surface area contributed by atoms with Crippen molar-refractivity contribution in [1.29, 1.82) is 0 Å². The lowest BCUT2D eigenvalue weighted by molar-refractivity contribution is 0.445. The number of H-pyrrole nitrogens is 1. The SMILES string of the molecule is Nc1cc(F)c(-c2nn[nH]n2)cc1NC1CCC1. The number of hydrogen-bond acceptors (Lipinski definition) is 5. The molecule has 1 aromatic heterocycles. The van der Waals surface area contributed by atoms with Gasteiger partial charge in [0.2, 0.25) is 5.82 Å². The Balaban J connectivity index is 1.96. The number of halogens is 1. The van der Waals surface area contributed by atoms with Crippen LogP contribution in [0, 0.1) is 5.82 Å². The number of aromatic amines is 1. The molecule has 1 fully saturated rings. The van der Waals surface area contributed by atoms with Crippen molar-refractivity contribution in [2.24, 2.45) is 0 Å². The van der Waals surface area contributed by atoms with Crippen molar-refractivity contribution in [3.8, 4) is 11.4 Å². The van der Waals surface area contributed by atoms with Crippen LogP contribution in [-0.4, -0.2) is 26.7 Å². The van der Waals surface area contributed by atoms with Crippen LogP contribution in [0.1, 0.15) is 19.3 Å². The molecular formula is C11H13FN6. The molecule has 3 rings (SSSR count). The van der Waals surface area contributed by atoms with Crippen LogP contribution in [-0.2, 0) is 0 Å². The van der Waals surface area contributed by atoms with Gasteiger partial charge < -0.3 is 11.1 Å². The van der Waals surface area contributed by atoms with Crippen LogP contribution in [0.4, 0.5) is 15.8 Å². The van der Waals surface area contributed by atoms with Gasteiger partial charge in [0.25, 0.3) is 0 Å². The Labute approximate surface area is 103 Å². The minimum Gasteiger partial charge on any atom is -0.397 e. The summed E-state index contributed by atoms with van der Waals surface area (Å²) in [4.78, 5) is 0. The number of anilines is 2. The molecule has 0 aliphatic heterocycles. The number of nitrogens with zero attached hydrogens (tertiary/aromatic N) is 3. The van der Waals surface area contributed by atoms with Gasteiger partial charge in [-0.2, -0.15) is 5.21 Å². The molecule has 1 saturated carbocycles. The van der Waals surface area contributed by atoms with Crippen molar-refractivity contribution in [2.45, 2.75) is 25.3 Å². The number of nitrogens with one attached hydrogen (secondary N) is 2. The molecule has 2 aromatic rings. The van der Waals surface area contributed by atoms with Gasteiger partial charge in [-0.1, -0.05) is 0 Å². The van der Waals surface area contributed by atoms with E-state index in [4.69, 9.17) is 5.73 Å². The number of nitrogens with two attached hydrogens (primary N) is 1. The van der Waals surface area contributed by atoms with Crippen molar-refractivity contribution in [2.75, 3.05) is 11.1 Å². The van der Waals surface area contributed by atoms with Crippen molar-refractivity contribution in [1.82, 2.24) is 20.6 Å². The van der Waals surface area contributed by atoms with Gasteiger partial charge in [-0.3, -0.25) is 0 Å². The molecule has 18 heavy (non-hydrogen) atoms. The summed E-state index contributed by atoms with van der Waals surface area (Å²) in [5.74, 6) is -0.225. The number of rotatable bonds is 3. The fraction of sp³-hybridized carbons (Fsp3) is 0.364. The number of hydrogen-bond donors (Lipinski definition) is 3. The molecule has 1 aromatic carbocycles.